The molecular weight excluding hydrogens is 209 g/mol. The van der Waals surface area contributed by atoms with E-state index in [1.165, 1.54) is 0 Å². The van der Waals surface area contributed by atoms with E-state index in [0.29, 0.717) is 0 Å². The summed E-state index contributed by atoms with van der Waals surface area (Å²) in [6.07, 6.45) is -4.75. The van der Waals surface area contributed by atoms with Crippen molar-refractivity contribution >= 4 is 11.6 Å². The Labute approximate surface area is 76.5 Å². The molecule has 2 nitrogen and oxygen atoms in total. The summed E-state index contributed by atoms with van der Waals surface area (Å²) in [6.45, 7) is 0. The number of alkyl halides is 3. The van der Waals surface area contributed by atoms with Crippen LogP contribution in [0.25, 0.3) is 0 Å². The minimum atomic E-state index is -4.75. The highest BCUT2D eigenvalue weighted by molar-refractivity contribution is 6.32. The molecule has 0 saturated heterocycles. The van der Waals surface area contributed by atoms with Crippen molar-refractivity contribution in [2.75, 3.05) is 0 Å². The second-order valence-corrected chi connectivity index (χ2v) is 2.57. The van der Waals surface area contributed by atoms with Crippen LogP contribution in [0.1, 0.15) is 0 Å². The van der Waals surface area contributed by atoms with E-state index in [2.05, 4.69) is 4.74 Å². The lowest BCUT2D eigenvalue weighted by atomic mass is 10.3. The molecule has 0 bridgehead atoms. The van der Waals surface area contributed by atoms with Crippen LogP contribution < -0.4 is 4.74 Å². The summed E-state index contributed by atoms with van der Waals surface area (Å²) in [5.74, 6) is -0.758. The normalized spacial score (nSPS) is 11.4. The third kappa shape index (κ3) is 3.02. The molecule has 1 N–H and O–H groups in total. The van der Waals surface area contributed by atoms with Gasteiger partial charge in [0.05, 0.1) is 5.02 Å². The van der Waals surface area contributed by atoms with E-state index in [1.54, 1.807) is 0 Å². The quantitative estimate of drug-likeness (QED) is 0.776. The Morgan fingerprint density at radius 2 is 1.92 bits per heavy atom. The fourth-order valence-corrected chi connectivity index (χ4v) is 0.855. The van der Waals surface area contributed by atoms with Gasteiger partial charge in [0.15, 0.2) is 0 Å². The molecule has 0 aliphatic carbocycles. The van der Waals surface area contributed by atoms with Gasteiger partial charge in [-0.25, -0.2) is 0 Å². The van der Waals surface area contributed by atoms with Gasteiger partial charge in [-0.3, -0.25) is 0 Å². The van der Waals surface area contributed by atoms with E-state index < -0.39 is 12.1 Å². The summed E-state index contributed by atoms with van der Waals surface area (Å²) in [7, 11) is 0. The van der Waals surface area contributed by atoms with E-state index in [0.717, 1.165) is 18.2 Å². The minimum absolute atomic E-state index is 0.193. The molecule has 0 atom stereocenters. The lowest BCUT2D eigenvalue weighted by Crippen LogP contribution is -2.16. The zero-order valence-corrected chi connectivity index (χ0v) is 6.86. The molecule has 13 heavy (non-hydrogen) atoms. The number of benzene rings is 1. The Bertz CT molecular complexity index is 311. The molecule has 1 rings (SSSR count). The maximum atomic E-state index is 11.6. The first kappa shape index (κ1) is 9.98. The van der Waals surface area contributed by atoms with Crippen LogP contribution >= 0.6 is 11.6 Å². The molecule has 0 radical (unpaired) electrons. The second-order valence-electron chi connectivity index (χ2n) is 2.16. The maximum Gasteiger partial charge on any atom is 0.573 e. The highest BCUT2D eigenvalue weighted by Gasteiger charge is 2.31. The van der Waals surface area contributed by atoms with Crippen LogP contribution in [0.3, 0.4) is 0 Å². The highest BCUT2D eigenvalue weighted by atomic mass is 35.5. The number of rotatable bonds is 1. The topological polar surface area (TPSA) is 29.5 Å². The largest absolute Gasteiger partial charge is 0.573 e. The van der Waals surface area contributed by atoms with Crippen LogP contribution in [-0.4, -0.2) is 11.5 Å². The van der Waals surface area contributed by atoms with Crippen LogP contribution in [0.2, 0.25) is 5.02 Å². The molecule has 0 aromatic heterocycles. The lowest BCUT2D eigenvalue weighted by Gasteiger charge is -2.08. The van der Waals surface area contributed by atoms with Gasteiger partial charge >= 0.3 is 6.36 Å². The summed E-state index contributed by atoms with van der Waals surface area (Å²) < 4.78 is 38.5. The zero-order chi connectivity index (χ0) is 10.1. The smallest absolute Gasteiger partial charge is 0.506 e. The molecule has 0 aliphatic rings. The van der Waals surface area contributed by atoms with Crippen molar-refractivity contribution in [1.82, 2.24) is 0 Å². The van der Waals surface area contributed by atoms with Gasteiger partial charge in [0.25, 0.3) is 0 Å². The maximum absolute atomic E-state index is 11.6. The molecule has 0 fully saturated rings. The van der Waals surface area contributed by atoms with Crippen molar-refractivity contribution in [2.45, 2.75) is 6.36 Å². The van der Waals surface area contributed by atoms with Gasteiger partial charge < -0.3 is 9.84 Å². The number of phenolic OH excluding ortho intramolecular Hbond substituents is 1. The third-order valence-electron chi connectivity index (χ3n) is 1.15. The molecule has 0 aliphatic heterocycles. The first-order valence-electron chi connectivity index (χ1n) is 3.13. The third-order valence-corrected chi connectivity index (χ3v) is 1.46. The standard InChI is InChI=1S/C7H4ClF3O2/c8-5-3-4(1-2-6(5)12)13-7(9,10)11/h1-3,12H. The fraction of sp³-hybridized carbons (Fsp3) is 0.143. The van der Waals surface area contributed by atoms with Gasteiger partial charge in [0.2, 0.25) is 0 Å². The van der Waals surface area contributed by atoms with Gasteiger partial charge in [0.1, 0.15) is 11.5 Å². The number of ether oxygens (including phenoxy) is 1. The summed E-state index contributed by atoms with van der Waals surface area (Å²) >= 11 is 5.35. The van der Waals surface area contributed by atoms with Crippen molar-refractivity contribution in [2.24, 2.45) is 0 Å². The van der Waals surface area contributed by atoms with Gasteiger partial charge in [-0.15, -0.1) is 13.2 Å². The van der Waals surface area contributed by atoms with Gasteiger partial charge in [0, 0.05) is 6.07 Å². The Morgan fingerprint density at radius 3 is 2.38 bits per heavy atom. The van der Waals surface area contributed by atoms with Gasteiger partial charge in [-0.2, -0.15) is 0 Å². The van der Waals surface area contributed by atoms with Crippen LogP contribution in [0.5, 0.6) is 11.5 Å². The summed E-state index contributed by atoms with van der Waals surface area (Å²) in [5, 5.41) is 8.68. The molecular formula is C7H4ClF3O2. The lowest BCUT2D eigenvalue weighted by molar-refractivity contribution is -0.274. The molecule has 1 aromatic rings. The molecule has 0 amide bonds. The second kappa shape index (κ2) is 3.33. The predicted octanol–water partition coefficient (Wildman–Crippen LogP) is 2.94. The predicted molar refractivity (Wildman–Crippen MR) is 39.8 cm³/mol. The Hall–Kier alpha value is -1.10. The van der Waals surface area contributed by atoms with E-state index in [-0.39, 0.29) is 10.8 Å². The minimum Gasteiger partial charge on any atom is -0.506 e. The summed E-state index contributed by atoms with van der Waals surface area (Å²) in [4.78, 5) is 0. The Kier molecular flexibility index (Phi) is 2.56. The van der Waals surface area contributed by atoms with Crippen LogP contribution in [0.15, 0.2) is 18.2 Å². The number of aromatic hydroxyl groups is 1. The first-order chi connectivity index (χ1) is 5.88. The fourth-order valence-electron chi connectivity index (χ4n) is 0.685. The van der Waals surface area contributed by atoms with Crippen molar-refractivity contribution in [1.29, 1.82) is 0 Å². The number of halogens is 4. The van der Waals surface area contributed by atoms with E-state index in [4.69, 9.17) is 16.7 Å². The van der Waals surface area contributed by atoms with E-state index in [1.807, 2.05) is 0 Å². The van der Waals surface area contributed by atoms with Crippen molar-refractivity contribution in [3.8, 4) is 11.5 Å². The first-order valence-corrected chi connectivity index (χ1v) is 3.50. The van der Waals surface area contributed by atoms with Gasteiger partial charge in [-0.05, 0) is 12.1 Å². The van der Waals surface area contributed by atoms with Gasteiger partial charge in [-0.1, -0.05) is 11.6 Å². The average Bonchev–Trinajstić information content (AvgIpc) is 1.94. The number of hydrogen-bond donors (Lipinski definition) is 1. The summed E-state index contributed by atoms with van der Waals surface area (Å²) in [6, 6.07) is 2.86. The van der Waals surface area contributed by atoms with Crippen molar-refractivity contribution in [3.63, 3.8) is 0 Å². The van der Waals surface area contributed by atoms with Crippen LogP contribution in [0.4, 0.5) is 13.2 Å². The number of phenols is 1. The van der Waals surface area contributed by atoms with E-state index >= 15 is 0 Å². The van der Waals surface area contributed by atoms with Crippen molar-refractivity contribution in [3.05, 3.63) is 23.2 Å². The molecule has 0 unspecified atom stereocenters. The van der Waals surface area contributed by atoms with Crippen LogP contribution in [-0.2, 0) is 0 Å². The van der Waals surface area contributed by atoms with Crippen molar-refractivity contribution < 1.29 is 23.0 Å². The number of hydrogen-bond acceptors (Lipinski definition) is 2. The summed E-state index contributed by atoms with van der Waals surface area (Å²) in [5.41, 5.74) is 0. The average molecular weight is 213 g/mol. The Balaban J connectivity index is 2.86. The molecule has 0 heterocycles. The zero-order valence-electron chi connectivity index (χ0n) is 6.10. The van der Waals surface area contributed by atoms with E-state index in [9.17, 15) is 13.2 Å². The monoisotopic (exact) mass is 212 g/mol. The van der Waals surface area contributed by atoms with Crippen LogP contribution in [0, 0.1) is 0 Å². The molecule has 0 saturated carbocycles. The molecule has 1 aromatic carbocycles. The molecule has 6 heteroatoms. The Morgan fingerprint density at radius 1 is 1.31 bits per heavy atom. The molecule has 72 valence electrons. The SMILES string of the molecule is Oc1ccc(OC(F)(F)F)cc1Cl. The molecule has 0 spiro atoms. The highest BCUT2D eigenvalue weighted by Crippen LogP contribution is 2.30.